The third kappa shape index (κ3) is 6.80. The van der Waals surface area contributed by atoms with Crippen LogP contribution in [0.3, 0.4) is 0 Å². The van der Waals surface area contributed by atoms with Gasteiger partial charge in [0.2, 0.25) is 0 Å². The Kier molecular flexibility index (Phi) is 8.24. The number of furan rings is 1. The Bertz CT molecular complexity index is 1720. The number of carbonyl (C=O) groups excluding carboxylic acids is 3. The molecule has 3 amide bonds. The van der Waals surface area contributed by atoms with Crippen LogP contribution in [0, 0.1) is 18.8 Å². The number of amides is 3. The number of pyridine rings is 1. The average Bonchev–Trinajstić information content (AvgIpc) is 3.38. The maximum absolute atomic E-state index is 13.6. The van der Waals surface area contributed by atoms with E-state index in [2.05, 4.69) is 32.2 Å². The maximum atomic E-state index is 13.6. The van der Waals surface area contributed by atoms with Crippen molar-refractivity contribution in [3.8, 4) is 11.8 Å². The smallest absolute Gasteiger partial charge is 0.291 e. The summed E-state index contributed by atoms with van der Waals surface area (Å²) in [6.07, 6.45) is 4.26. The molecule has 1 atom stereocenters. The third-order valence-corrected chi connectivity index (χ3v) is 7.40. The van der Waals surface area contributed by atoms with Gasteiger partial charge < -0.3 is 15.1 Å². The number of aromatic nitrogens is 1. The Morgan fingerprint density at radius 2 is 1.69 bits per heavy atom. The lowest BCUT2D eigenvalue weighted by Gasteiger charge is -2.13. The monoisotopic (exact) mass is 540 g/mol. The van der Waals surface area contributed by atoms with Crippen LogP contribution in [0.4, 0.5) is 5.69 Å². The minimum absolute atomic E-state index is 0.116. The van der Waals surface area contributed by atoms with Gasteiger partial charge in [-0.2, -0.15) is 0 Å². The van der Waals surface area contributed by atoms with Crippen LogP contribution in [0.25, 0.3) is 0 Å². The molecule has 0 saturated heterocycles. The lowest BCUT2D eigenvalue weighted by molar-refractivity contribution is -0.113. The summed E-state index contributed by atoms with van der Waals surface area (Å²) in [5.74, 6) is 4.51. The zero-order valence-corrected chi connectivity index (χ0v) is 21.9. The molecule has 9 nitrogen and oxygen atoms in total. The molecule has 0 saturated carbocycles. The summed E-state index contributed by atoms with van der Waals surface area (Å²) in [6, 6.07) is 18.4. The SMILES string of the molecule is CNC(=O)C=S(=O)(NC(=O)c1cncc(C#Cc2cccc(NC(=O)c3occc3C)c2)c1)c1ccccc1. The van der Waals surface area contributed by atoms with Crippen LogP contribution in [0.2, 0.25) is 0 Å². The Labute approximate surface area is 225 Å². The van der Waals surface area contributed by atoms with Crippen LogP contribution < -0.4 is 15.4 Å². The highest BCUT2D eigenvalue weighted by molar-refractivity contribution is 8.01. The molecule has 3 N–H and O–H groups in total. The molecule has 39 heavy (non-hydrogen) atoms. The van der Waals surface area contributed by atoms with Gasteiger partial charge in [-0.25, -0.2) is 4.21 Å². The molecule has 2 aromatic heterocycles. The lowest BCUT2D eigenvalue weighted by Crippen LogP contribution is -2.35. The highest BCUT2D eigenvalue weighted by Crippen LogP contribution is 2.15. The van der Waals surface area contributed by atoms with Gasteiger partial charge in [-0.15, -0.1) is 0 Å². The van der Waals surface area contributed by atoms with Gasteiger partial charge in [-0.05, 0) is 49.4 Å². The van der Waals surface area contributed by atoms with E-state index in [9.17, 15) is 18.6 Å². The fourth-order valence-electron chi connectivity index (χ4n) is 3.43. The zero-order valence-electron chi connectivity index (χ0n) is 21.1. The van der Waals surface area contributed by atoms with Crippen molar-refractivity contribution in [3.63, 3.8) is 0 Å². The number of nitrogens with one attached hydrogen (secondary N) is 3. The van der Waals surface area contributed by atoms with E-state index >= 15 is 0 Å². The number of nitrogens with zero attached hydrogens (tertiary/aromatic N) is 1. The molecule has 4 rings (SSSR count). The van der Waals surface area contributed by atoms with E-state index in [4.69, 9.17) is 4.42 Å². The van der Waals surface area contributed by atoms with Crippen LogP contribution in [-0.4, -0.2) is 39.3 Å². The van der Waals surface area contributed by atoms with E-state index in [1.807, 2.05) is 0 Å². The average molecular weight is 541 g/mol. The second-order valence-electron chi connectivity index (χ2n) is 8.26. The van der Waals surface area contributed by atoms with E-state index in [1.165, 1.54) is 31.8 Å². The Morgan fingerprint density at radius 1 is 0.923 bits per heavy atom. The summed E-state index contributed by atoms with van der Waals surface area (Å²) in [6.45, 7) is 1.78. The van der Waals surface area contributed by atoms with Crippen molar-refractivity contribution >= 4 is 38.5 Å². The number of hydrogen-bond acceptors (Lipinski definition) is 6. The first kappa shape index (κ1) is 26.9. The van der Waals surface area contributed by atoms with E-state index in [0.717, 1.165) is 10.9 Å². The summed E-state index contributed by atoms with van der Waals surface area (Å²) >= 11 is 0. The van der Waals surface area contributed by atoms with Gasteiger partial charge in [0.25, 0.3) is 17.7 Å². The largest absolute Gasteiger partial charge is 0.459 e. The first-order valence-corrected chi connectivity index (χ1v) is 13.3. The minimum Gasteiger partial charge on any atom is -0.459 e. The van der Waals surface area contributed by atoms with Gasteiger partial charge >= 0.3 is 0 Å². The van der Waals surface area contributed by atoms with Crippen molar-refractivity contribution in [3.05, 3.63) is 113 Å². The van der Waals surface area contributed by atoms with E-state index < -0.39 is 21.5 Å². The molecule has 0 aliphatic rings. The molecule has 0 radical (unpaired) electrons. The van der Waals surface area contributed by atoms with Crippen LogP contribution in [0.5, 0.6) is 0 Å². The molecule has 2 heterocycles. The summed E-state index contributed by atoms with van der Waals surface area (Å²) in [5.41, 5.74) is 2.43. The zero-order chi connectivity index (χ0) is 27.8. The number of anilines is 1. The normalized spacial score (nSPS) is 11.7. The van der Waals surface area contributed by atoms with Gasteiger partial charge in [0, 0.05) is 41.8 Å². The number of carbonyl (C=O) groups is 3. The van der Waals surface area contributed by atoms with Crippen molar-refractivity contribution in [1.82, 2.24) is 15.0 Å². The van der Waals surface area contributed by atoms with Gasteiger partial charge in [0.15, 0.2) is 5.76 Å². The third-order valence-electron chi connectivity index (χ3n) is 5.40. The molecule has 0 fully saturated rings. The molecule has 0 aliphatic heterocycles. The molecule has 1 unspecified atom stereocenters. The van der Waals surface area contributed by atoms with Crippen molar-refractivity contribution in [2.75, 3.05) is 12.4 Å². The molecule has 0 bridgehead atoms. The number of aryl methyl sites for hydroxylation is 1. The van der Waals surface area contributed by atoms with Crippen LogP contribution in [0.1, 0.15) is 37.6 Å². The second kappa shape index (κ2) is 11.9. The molecule has 10 heteroatoms. The quantitative estimate of drug-likeness (QED) is 0.254. The van der Waals surface area contributed by atoms with Gasteiger partial charge in [0.05, 0.1) is 31.8 Å². The van der Waals surface area contributed by atoms with Crippen LogP contribution >= 0.6 is 0 Å². The molecule has 4 aromatic rings. The maximum Gasteiger partial charge on any atom is 0.291 e. The fourth-order valence-corrected chi connectivity index (χ4v) is 5.12. The highest BCUT2D eigenvalue weighted by Gasteiger charge is 2.18. The Morgan fingerprint density at radius 3 is 2.41 bits per heavy atom. The molecular weight excluding hydrogens is 516 g/mol. The first-order valence-electron chi connectivity index (χ1n) is 11.7. The number of hydrogen-bond donors (Lipinski definition) is 3. The van der Waals surface area contributed by atoms with Gasteiger partial charge in [0.1, 0.15) is 0 Å². The van der Waals surface area contributed by atoms with Crippen LogP contribution in [-0.2, 0) is 14.5 Å². The summed E-state index contributed by atoms with van der Waals surface area (Å²) < 4.78 is 21.3. The van der Waals surface area contributed by atoms with Crippen molar-refractivity contribution in [1.29, 1.82) is 0 Å². The van der Waals surface area contributed by atoms with Crippen molar-refractivity contribution in [2.45, 2.75) is 11.8 Å². The number of benzene rings is 2. The molecule has 2 aromatic carbocycles. The van der Waals surface area contributed by atoms with Gasteiger partial charge in [-0.1, -0.05) is 36.1 Å². The summed E-state index contributed by atoms with van der Waals surface area (Å²) in [5, 5.41) is 6.12. The predicted octanol–water partition coefficient (Wildman–Crippen LogP) is 3.17. The van der Waals surface area contributed by atoms with Crippen molar-refractivity contribution in [2.24, 2.45) is 0 Å². The van der Waals surface area contributed by atoms with Crippen LogP contribution in [0.15, 0.2) is 94.7 Å². The van der Waals surface area contributed by atoms with Gasteiger partial charge in [-0.3, -0.25) is 24.1 Å². The highest BCUT2D eigenvalue weighted by atomic mass is 32.2. The Balaban J connectivity index is 1.53. The summed E-state index contributed by atoms with van der Waals surface area (Å²) in [7, 11) is -1.97. The number of rotatable bonds is 6. The Hall–Kier alpha value is -5.14. The first-order chi connectivity index (χ1) is 18.8. The molecule has 0 aliphatic carbocycles. The van der Waals surface area contributed by atoms with E-state index in [-0.39, 0.29) is 22.1 Å². The van der Waals surface area contributed by atoms with E-state index in [0.29, 0.717) is 16.8 Å². The topological polar surface area (TPSA) is 130 Å². The standard InChI is InChI=1S/C29H24N4O5S/c1-20-13-14-38-27(20)29(36)32-24-8-6-7-21(16-24)11-12-22-15-23(18-31-17-22)28(35)33-39(37,19-26(34)30-2)25-9-4-3-5-10-25/h3-10,13-19H,1-2H3,(H,30,34)(H,32,36)(H,33,35,37). The molecule has 196 valence electrons. The fraction of sp³-hybridized carbons (Fsp3) is 0.0690. The van der Waals surface area contributed by atoms with Crippen molar-refractivity contribution < 1.29 is 23.0 Å². The second-order valence-corrected chi connectivity index (χ2v) is 10.4. The molecular formula is C29H24N4O5S. The minimum atomic E-state index is -3.37. The lowest BCUT2D eigenvalue weighted by atomic mass is 10.1. The van der Waals surface area contributed by atoms with E-state index in [1.54, 1.807) is 67.6 Å². The molecule has 0 spiro atoms. The predicted molar refractivity (Wildman–Crippen MR) is 149 cm³/mol. The summed E-state index contributed by atoms with van der Waals surface area (Å²) in [4.78, 5) is 41.8.